The lowest BCUT2D eigenvalue weighted by Gasteiger charge is -2.19. The molecule has 12 nitrogen and oxygen atoms in total. The van der Waals surface area contributed by atoms with Gasteiger partial charge in [-0.1, -0.05) is 12.1 Å². The Morgan fingerprint density at radius 3 is 2.19 bits per heavy atom. The van der Waals surface area contributed by atoms with Crippen molar-refractivity contribution in [3.8, 4) is 5.75 Å². The molecule has 0 saturated heterocycles. The molecule has 0 aromatic heterocycles. The fourth-order valence-corrected chi connectivity index (χ4v) is 2.40. The Morgan fingerprint density at radius 1 is 1.03 bits per heavy atom. The number of ether oxygens (including phenoxy) is 2. The number of guanidine groups is 1. The van der Waals surface area contributed by atoms with Crippen LogP contribution in [0.3, 0.4) is 0 Å². The quantitative estimate of drug-likeness (QED) is 0.0699. The molecule has 1 aromatic rings. The van der Waals surface area contributed by atoms with Gasteiger partial charge in [0.15, 0.2) is 5.96 Å². The van der Waals surface area contributed by atoms with E-state index in [1.54, 1.807) is 24.3 Å². The zero-order valence-corrected chi connectivity index (χ0v) is 17.3. The Kier molecular flexibility index (Phi) is 10.4. The number of nitrogens with zero attached hydrogens (tertiary/aromatic N) is 1. The van der Waals surface area contributed by atoms with E-state index in [0.29, 0.717) is 24.9 Å². The first kappa shape index (κ1) is 25.8. The van der Waals surface area contributed by atoms with Crippen molar-refractivity contribution in [1.29, 1.82) is 0 Å². The third-order valence-electron chi connectivity index (χ3n) is 4.26. The fourth-order valence-electron chi connectivity index (χ4n) is 2.40. The van der Waals surface area contributed by atoms with Gasteiger partial charge in [-0.25, -0.2) is 4.79 Å². The molecule has 0 amide bonds. The number of rotatable bonds is 12. The van der Waals surface area contributed by atoms with Gasteiger partial charge in [-0.2, -0.15) is 0 Å². The lowest BCUT2D eigenvalue weighted by Crippen LogP contribution is -2.45. The summed E-state index contributed by atoms with van der Waals surface area (Å²) >= 11 is 0. The molecule has 0 radical (unpaired) electrons. The number of nitrogens with two attached hydrogens (primary N) is 5. The van der Waals surface area contributed by atoms with Crippen LogP contribution in [0.15, 0.2) is 29.3 Å². The van der Waals surface area contributed by atoms with Crippen LogP contribution in [0, 0.1) is 0 Å². The Labute approximate surface area is 179 Å². The monoisotopic (exact) mass is 438 g/mol. The van der Waals surface area contributed by atoms with Crippen molar-refractivity contribution in [2.45, 2.75) is 50.4 Å². The summed E-state index contributed by atoms with van der Waals surface area (Å²) in [6.07, 6.45) is -0.0144. The van der Waals surface area contributed by atoms with Crippen molar-refractivity contribution < 1.29 is 29.0 Å². The molecule has 0 heterocycles. The first-order valence-electron chi connectivity index (χ1n) is 9.57. The van der Waals surface area contributed by atoms with Crippen LogP contribution < -0.4 is 33.4 Å². The summed E-state index contributed by atoms with van der Waals surface area (Å²) in [4.78, 5) is 38.7. The minimum atomic E-state index is -1.34. The van der Waals surface area contributed by atoms with E-state index in [1.807, 2.05) is 0 Å². The van der Waals surface area contributed by atoms with Gasteiger partial charge in [0.1, 0.15) is 30.0 Å². The summed E-state index contributed by atoms with van der Waals surface area (Å²) < 4.78 is 10.2. The van der Waals surface area contributed by atoms with E-state index in [-0.39, 0.29) is 18.1 Å². The predicted octanol–water partition coefficient (Wildman–Crippen LogP) is -1.81. The van der Waals surface area contributed by atoms with Crippen molar-refractivity contribution in [1.82, 2.24) is 0 Å². The van der Waals surface area contributed by atoms with Crippen molar-refractivity contribution in [3.63, 3.8) is 0 Å². The molecule has 0 unspecified atom stereocenters. The highest BCUT2D eigenvalue weighted by atomic mass is 16.5. The SMILES string of the molecule is C[C@@H](OC(=O)[C@@H](N)Cc1ccc(OC(=O)[C@@H](N)CCCN=C(N)N)cc1)[C@H](N)C(=O)O. The van der Waals surface area contributed by atoms with Crippen molar-refractivity contribution >= 4 is 23.9 Å². The molecule has 0 bridgehead atoms. The molecule has 0 aliphatic rings. The molecule has 11 N–H and O–H groups in total. The van der Waals surface area contributed by atoms with Gasteiger partial charge in [-0.05, 0) is 43.9 Å². The average Bonchev–Trinajstić information content (AvgIpc) is 2.71. The minimum Gasteiger partial charge on any atom is -0.480 e. The lowest BCUT2D eigenvalue weighted by molar-refractivity contribution is -0.154. The van der Waals surface area contributed by atoms with Crippen LogP contribution in [0.4, 0.5) is 0 Å². The maximum Gasteiger partial charge on any atom is 0.328 e. The van der Waals surface area contributed by atoms with E-state index in [9.17, 15) is 14.4 Å². The van der Waals surface area contributed by atoms with E-state index in [1.165, 1.54) is 6.92 Å². The summed E-state index contributed by atoms with van der Waals surface area (Å²) in [5.41, 5.74) is 28.1. The van der Waals surface area contributed by atoms with Gasteiger partial charge in [0.2, 0.25) is 0 Å². The molecule has 0 aliphatic heterocycles. The van der Waals surface area contributed by atoms with Crippen LogP contribution in [-0.4, -0.2) is 59.7 Å². The van der Waals surface area contributed by atoms with Gasteiger partial charge in [-0.3, -0.25) is 14.6 Å². The first-order chi connectivity index (χ1) is 14.5. The summed E-state index contributed by atoms with van der Waals surface area (Å²) in [5.74, 6) is -2.39. The van der Waals surface area contributed by atoms with Crippen LogP contribution in [0.2, 0.25) is 0 Å². The summed E-state index contributed by atoms with van der Waals surface area (Å²) in [6.45, 7) is 1.74. The van der Waals surface area contributed by atoms with E-state index < -0.39 is 42.1 Å². The van der Waals surface area contributed by atoms with Gasteiger partial charge in [0.25, 0.3) is 0 Å². The Morgan fingerprint density at radius 2 is 1.65 bits per heavy atom. The highest BCUT2D eigenvalue weighted by Gasteiger charge is 2.26. The number of carbonyl (C=O) groups excluding carboxylic acids is 2. The second kappa shape index (κ2) is 12.5. The van der Waals surface area contributed by atoms with Gasteiger partial charge >= 0.3 is 17.9 Å². The van der Waals surface area contributed by atoms with Gasteiger partial charge in [0.05, 0.1) is 0 Å². The Balaban J connectivity index is 2.51. The van der Waals surface area contributed by atoms with Crippen LogP contribution in [-0.2, 0) is 25.5 Å². The number of hydrogen-bond acceptors (Lipinski definition) is 9. The molecule has 0 saturated carbocycles. The maximum absolute atomic E-state index is 12.0. The molecule has 1 aromatic carbocycles. The number of aliphatic imine (C=N–C) groups is 1. The number of carbonyl (C=O) groups is 3. The van der Waals surface area contributed by atoms with E-state index in [0.717, 1.165) is 0 Å². The average molecular weight is 438 g/mol. The van der Waals surface area contributed by atoms with Crippen molar-refractivity contribution in [2.75, 3.05) is 6.54 Å². The molecule has 4 atom stereocenters. The van der Waals surface area contributed by atoms with Crippen molar-refractivity contribution in [2.24, 2.45) is 33.7 Å². The Bertz CT molecular complexity index is 781. The number of esters is 2. The third kappa shape index (κ3) is 9.42. The summed E-state index contributed by atoms with van der Waals surface area (Å²) in [6, 6.07) is 3.16. The zero-order chi connectivity index (χ0) is 23.6. The molecule has 0 spiro atoms. The fraction of sp³-hybridized carbons (Fsp3) is 0.474. The Hall–Kier alpha value is -3.22. The second-order valence-corrected chi connectivity index (χ2v) is 6.94. The van der Waals surface area contributed by atoms with Gasteiger partial charge in [-0.15, -0.1) is 0 Å². The van der Waals surface area contributed by atoms with E-state index >= 15 is 0 Å². The second-order valence-electron chi connectivity index (χ2n) is 6.94. The molecule has 12 heteroatoms. The molecular formula is C19H30N6O6. The molecule has 1 rings (SSSR count). The molecule has 31 heavy (non-hydrogen) atoms. The number of benzene rings is 1. The van der Waals surface area contributed by atoms with Crippen LogP contribution in [0.1, 0.15) is 25.3 Å². The largest absolute Gasteiger partial charge is 0.480 e. The number of hydrogen-bond donors (Lipinski definition) is 6. The highest BCUT2D eigenvalue weighted by molar-refractivity contribution is 5.79. The molecular weight excluding hydrogens is 408 g/mol. The minimum absolute atomic E-state index is 0.0254. The standard InChI is InChI=1S/C19H30N6O6/c1-10(15(22)16(26)27)30-18(29)14(21)9-11-4-6-12(7-5-11)31-17(28)13(20)3-2-8-25-19(23)24/h4-7,10,13-15H,2-3,8-9,20-22H2,1H3,(H,26,27)(H4,23,24,25)/t10-,13+,14+,15+/m1/s1. The highest BCUT2D eigenvalue weighted by Crippen LogP contribution is 2.15. The third-order valence-corrected chi connectivity index (χ3v) is 4.26. The summed E-state index contributed by atoms with van der Waals surface area (Å²) in [5, 5.41) is 8.83. The smallest absolute Gasteiger partial charge is 0.328 e. The van der Waals surface area contributed by atoms with E-state index in [2.05, 4.69) is 4.99 Å². The number of carboxylic acids is 1. The first-order valence-corrected chi connectivity index (χ1v) is 9.57. The molecule has 172 valence electrons. The normalized spacial score (nSPS) is 14.6. The summed E-state index contributed by atoms with van der Waals surface area (Å²) in [7, 11) is 0. The van der Waals surface area contributed by atoms with Crippen LogP contribution in [0.5, 0.6) is 5.75 Å². The zero-order valence-electron chi connectivity index (χ0n) is 17.3. The van der Waals surface area contributed by atoms with Gasteiger partial charge in [0, 0.05) is 6.54 Å². The lowest BCUT2D eigenvalue weighted by atomic mass is 10.1. The maximum atomic E-state index is 12.0. The van der Waals surface area contributed by atoms with Crippen molar-refractivity contribution in [3.05, 3.63) is 29.8 Å². The van der Waals surface area contributed by atoms with Crippen LogP contribution >= 0.6 is 0 Å². The topological polar surface area (TPSA) is 232 Å². The predicted molar refractivity (Wildman–Crippen MR) is 113 cm³/mol. The number of aliphatic carboxylic acids is 1. The van der Waals surface area contributed by atoms with Crippen LogP contribution in [0.25, 0.3) is 0 Å². The molecule has 0 fully saturated rings. The van der Waals surface area contributed by atoms with Gasteiger partial charge < -0.3 is 43.2 Å². The van der Waals surface area contributed by atoms with E-state index in [4.69, 9.17) is 43.2 Å². The molecule has 0 aliphatic carbocycles. The number of carboxylic acid groups (broad SMARTS) is 1.